The summed E-state index contributed by atoms with van der Waals surface area (Å²) in [6.45, 7) is 0. The Morgan fingerprint density at radius 3 is 2.35 bits per heavy atom. The first-order valence-electron chi connectivity index (χ1n) is 6.18. The predicted octanol–water partition coefficient (Wildman–Crippen LogP) is 3.41. The molecule has 3 rings (SSSR count). The highest BCUT2D eigenvalue weighted by atomic mass is 35.5. The van der Waals surface area contributed by atoms with Gasteiger partial charge >= 0.3 is 0 Å². The van der Waals surface area contributed by atoms with Gasteiger partial charge in [-0.2, -0.15) is 0 Å². The molecule has 102 valence electrons. The van der Waals surface area contributed by atoms with E-state index in [0.717, 1.165) is 5.56 Å². The van der Waals surface area contributed by atoms with Crippen LogP contribution in [0, 0.1) is 0 Å². The van der Waals surface area contributed by atoms with Crippen LogP contribution in [0.3, 0.4) is 0 Å². The molecule has 0 saturated carbocycles. The Labute approximate surface area is 126 Å². The number of hydrogen-bond acceptors (Lipinski definition) is 2. The Bertz CT molecular complexity index is 660. The molecule has 1 aliphatic rings. The Balaban J connectivity index is 1.99. The minimum atomic E-state index is -0.521. The zero-order valence-electron chi connectivity index (χ0n) is 10.5. The number of carbonyl (C=O) groups is 1. The summed E-state index contributed by atoms with van der Waals surface area (Å²) < 4.78 is 0. The summed E-state index contributed by atoms with van der Waals surface area (Å²) in [5.41, 5.74) is 7.66. The summed E-state index contributed by atoms with van der Waals surface area (Å²) >= 11 is 11.9. The lowest BCUT2D eigenvalue weighted by Gasteiger charge is -2.45. The molecule has 1 amide bonds. The number of amides is 1. The molecule has 20 heavy (non-hydrogen) atoms. The smallest absolute Gasteiger partial charge is 0.247 e. The maximum absolute atomic E-state index is 12.1. The van der Waals surface area contributed by atoms with Crippen molar-refractivity contribution in [2.45, 2.75) is 12.1 Å². The summed E-state index contributed by atoms with van der Waals surface area (Å²) in [6.07, 6.45) is 0. The number of carbonyl (C=O) groups excluding carboxylic acids is 1. The van der Waals surface area contributed by atoms with E-state index in [-0.39, 0.29) is 11.9 Å². The number of β-lactam (4-membered cyclic amide) rings is 1. The summed E-state index contributed by atoms with van der Waals surface area (Å²) in [7, 11) is 0. The van der Waals surface area contributed by atoms with E-state index in [1.165, 1.54) is 0 Å². The van der Waals surface area contributed by atoms with Gasteiger partial charge in [-0.1, -0.05) is 53.5 Å². The van der Waals surface area contributed by atoms with E-state index in [2.05, 4.69) is 0 Å². The lowest BCUT2D eigenvalue weighted by Crippen LogP contribution is -2.63. The lowest BCUT2D eigenvalue weighted by molar-refractivity contribution is -0.126. The van der Waals surface area contributed by atoms with Crippen molar-refractivity contribution < 1.29 is 4.79 Å². The second-order valence-electron chi connectivity index (χ2n) is 4.69. The molecule has 0 radical (unpaired) electrons. The first-order chi connectivity index (χ1) is 9.59. The van der Waals surface area contributed by atoms with Crippen molar-refractivity contribution in [2.75, 3.05) is 4.90 Å². The van der Waals surface area contributed by atoms with Crippen molar-refractivity contribution in [2.24, 2.45) is 5.73 Å². The van der Waals surface area contributed by atoms with Crippen LogP contribution in [0.2, 0.25) is 10.0 Å². The van der Waals surface area contributed by atoms with Gasteiger partial charge in [0.25, 0.3) is 0 Å². The third kappa shape index (κ3) is 2.08. The summed E-state index contributed by atoms with van der Waals surface area (Å²) in [5.74, 6) is -0.114. The lowest BCUT2D eigenvalue weighted by atomic mass is 9.88. The molecule has 2 aromatic rings. The quantitative estimate of drug-likeness (QED) is 0.864. The highest BCUT2D eigenvalue weighted by molar-refractivity contribution is 6.42. The average Bonchev–Trinajstić information content (AvgIpc) is 2.47. The molecule has 2 N–H and O–H groups in total. The van der Waals surface area contributed by atoms with E-state index in [1.807, 2.05) is 30.3 Å². The molecule has 0 spiro atoms. The SMILES string of the molecule is N[C@@H]1C(=O)N(c2ccc(Cl)c(Cl)c2)[C@H]1c1ccccc1. The molecule has 3 nitrogen and oxygen atoms in total. The molecular formula is C15H12Cl2N2O. The molecule has 0 aliphatic carbocycles. The summed E-state index contributed by atoms with van der Waals surface area (Å²) in [6, 6.07) is 14.2. The highest BCUT2D eigenvalue weighted by Gasteiger charge is 2.46. The molecule has 0 aromatic heterocycles. The first kappa shape index (κ1) is 13.4. The van der Waals surface area contributed by atoms with Gasteiger partial charge in [-0.15, -0.1) is 0 Å². The van der Waals surface area contributed by atoms with Crippen LogP contribution in [0.15, 0.2) is 48.5 Å². The largest absolute Gasteiger partial charge is 0.318 e. The van der Waals surface area contributed by atoms with Gasteiger partial charge in [0.05, 0.1) is 16.1 Å². The van der Waals surface area contributed by atoms with Gasteiger partial charge in [0.1, 0.15) is 6.04 Å². The average molecular weight is 307 g/mol. The molecule has 0 bridgehead atoms. The standard InChI is InChI=1S/C15H12Cl2N2O/c16-11-7-6-10(8-12(11)17)19-14(13(18)15(19)20)9-4-2-1-3-5-9/h1-8,13-14H,18H2/t13-,14-/m0/s1. The van der Waals surface area contributed by atoms with Crippen LogP contribution in [-0.2, 0) is 4.79 Å². The third-order valence-corrected chi connectivity index (χ3v) is 4.20. The van der Waals surface area contributed by atoms with Crippen LogP contribution >= 0.6 is 23.2 Å². The van der Waals surface area contributed by atoms with Gasteiger partial charge in [0, 0.05) is 5.69 Å². The van der Waals surface area contributed by atoms with Crippen LogP contribution in [0.25, 0.3) is 0 Å². The van der Waals surface area contributed by atoms with E-state index in [0.29, 0.717) is 15.7 Å². The van der Waals surface area contributed by atoms with E-state index in [4.69, 9.17) is 28.9 Å². The van der Waals surface area contributed by atoms with Gasteiger partial charge in [-0.3, -0.25) is 4.79 Å². The molecule has 2 aromatic carbocycles. The fourth-order valence-corrected chi connectivity index (χ4v) is 2.73. The van der Waals surface area contributed by atoms with Crippen LogP contribution in [0.5, 0.6) is 0 Å². The van der Waals surface area contributed by atoms with Crippen molar-refractivity contribution in [1.82, 2.24) is 0 Å². The molecule has 1 aliphatic heterocycles. The van der Waals surface area contributed by atoms with Crippen molar-refractivity contribution >= 4 is 34.8 Å². The van der Waals surface area contributed by atoms with E-state index in [9.17, 15) is 4.79 Å². The number of nitrogens with zero attached hydrogens (tertiary/aromatic N) is 1. The fraction of sp³-hybridized carbons (Fsp3) is 0.133. The summed E-state index contributed by atoms with van der Waals surface area (Å²) in [5, 5.41) is 0.883. The van der Waals surface area contributed by atoms with Crippen molar-refractivity contribution in [1.29, 1.82) is 0 Å². The normalized spacial score (nSPS) is 21.8. The number of benzene rings is 2. The van der Waals surface area contributed by atoms with E-state index < -0.39 is 6.04 Å². The topological polar surface area (TPSA) is 46.3 Å². The fourth-order valence-electron chi connectivity index (χ4n) is 2.44. The van der Waals surface area contributed by atoms with E-state index in [1.54, 1.807) is 23.1 Å². The Morgan fingerprint density at radius 2 is 1.70 bits per heavy atom. The molecular weight excluding hydrogens is 295 g/mol. The summed E-state index contributed by atoms with van der Waals surface area (Å²) in [4.78, 5) is 13.7. The number of hydrogen-bond donors (Lipinski definition) is 1. The number of rotatable bonds is 2. The van der Waals surface area contributed by atoms with Crippen LogP contribution in [-0.4, -0.2) is 11.9 Å². The van der Waals surface area contributed by atoms with Crippen molar-refractivity contribution in [3.05, 3.63) is 64.1 Å². The Hall–Kier alpha value is -1.55. The molecule has 1 heterocycles. The van der Waals surface area contributed by atoms with Crippen LogP contribution in [0.4, 0.5) is 5.69 Å². The van der Waals surface area contributed by atoms with E-state index >= 15 is 0 Å². The molecule has 1 saturated heterocycles. The minimum absolute atomic E-state index is 0.114. The second kappa shape index (κ2) is 5.09. The zero-order valence-corrected chi connectivity index (χ0v) is 12.0. The molecule has 1 fully saturated rings. The van der Waals surface area contributed by atoms with Gasteiger partial charge in [-0.05, 0) is 23.8 Å². The number of halogens is 2. The van der Waals surface area contributed by atoms with Crippen molar-refractivity contribution in [3.8, 4) is 0 Å². The maximum Gasteiger partial charge on any atom is 0.247 e. The van der Waals surface area contributed by atoms with Gasteiger partial charge < -0.3 is 10.6 Å². The van der Waals surface area contributed by atoms with Crippen molar-refractivity contribution in [3.63, 3.8) is 0 Å². The molecule has 2 atom stereocenters. The number of anilines is 1. The monoisotopic (exact) mass is 306 g/mol. The van der Waals surface area contributed by atoms with Gasteiger partial charge in [0.2, 0.25) is 5.91 Å². The maximum atomic E-state index is 12.1. The molecule has 0 unspecified atom stereocenters. The first-order valence-corrected chi connectivity index (χ1v) is 6.94. The van der Waals surface area contributed by atoms with Gasteiger partial charge in [-0.25, -0.2) is 0 Å². The highest BCUT2D eigenvalue weighted by Crippen LogP contribution is 2.39. The zero-order chi connectivity index (χ0) is 14.3. The van der Waals surface area contributed by atoms with Gasteiger partial charge in [0.15, 0.2) is 0 Å². The number of nitrogens with two attached hydrogens (primary N) is 1. The van der Waals surface area contributed by atoms with Crippen LogP contribution < -0.4 is 10.6 Å². The van der Waals surface area contributed by atoms with Crippen LogP contribution in [0.1, 0.15) is 11.6 Å². The second-order valence-corrected chi connectivity index (χ2v) is 5.50. The molecule has 5 heteroatoms. The predicted molar refractivity (Wildman–Crippen MR) is 81.1 cm³/mol. The Morgan fingerprint density at radius 1 is 1.00 bits per heavy atom. The Kier molecular flexibility index (Phi) is 3.42. The third-order valence-electron chi connectivity index (χ3n) is 3.46. The minimum Gasteiger partial charge on any atom is -0.318 e.